The molecule has 0 radical (unpaired) electrons. The van der Waals surface area contributed by atoms with Crippen molar-refractivity contribution < 1.29 is 17.9 Å². The molecule has 0 aliphatic rings. The van der Waals surface area contributed by atoms with Crippen LogP contribution in [0.2, 0.25) is 5.02 Å². The normalized spacial score (nSPS) is 12.7. The minimum Gasteiger partial charge on any atom is -0.375 e. The molecule has 0 aliphatic carbocycles. The third kappa shape index (κ3) is 4.84. The Hall–Kier alpha value is -1.79. The zero-order chi connectivity index (χ0) is 16.9. The standard InChI is InChI=1S/C16H16ClF3N2O/c1-2-7-23-10-14(22-6-5-21-11-22)8-12-3-4-13(17)9-15(12)16(18,19)20/h3-6,8-9,11H,2,7,10H2,1H3. The van der Waals surface area contributed by atoms with Crippen molar-refractivity contribution in [1.82, 2.24) is 9.55 Å². The summed E-state index contributed by atoms with van der Waals surface area (Å²) < 4.78 is 46.7. The van der Waals surface area contributed by atoms with Gasteiger partial charge in [-0.2, -0.15) is 13.2 Å². The van der Waals surface area contributed by atoms with Gasteiger partial charge in [0.1, 0.15) is 0 Å². The second-order valence-corrected chi connectivity index (χ2v) is 5.32. The summed E-state index contributed by atoms with van der Waals surface area (Å²) in [6.07, 6.45) is 2.51. The Bertz CT molecular complexity index is 666. The molecule has 1 aromatic carbocycles. The van der Waals surface area contributed by atoms with E-state index in [0.29, 0.717) is 12.3 Å². The molecular formula is C16H16ClF3N2O. The molecule has 1 aromatic heterocycles. The van der Waals surface area contributed by atoms with Crippen LogP contribution in [0.3, 0.4) is 0 Å². The Labute approximate surface area is 137 Å². The van der Waals surface area contributed by atoms with Crippen molar-refractivity contribution in [2.24, 2.45) is 0 Å². The number of nitrogens with zero attached hydrogens (tertiary/aromatic N) is 2. The van der Waals surface area contributed by atoms with Gasteiger partial charge in [-0.1, -0.05) is 24.6 Å². The fourth-order valence-corrected chi connectivity index (χ4v) is 2.19. The van der Waals surface area contributed by atoms with Crippen LogP contribution in [0, 0.1) is 0 Å². The third-order valence-corrected chi connectivity index (χ3v) is 3.31. The summed E-state index contributed by atoms with van der Waals surface area (Å²) in [7, 11) is 0. The maximum Gasteiger partial charge on any atom is 0.417 e. The van der Waals surface area contributed by atoms with Crippen LogP contribution in [0.5, 0.6) is 0 Å². The molecule has 0 aliphatic heterocycles. The lowest BCUT2D eigenvalue weighted by atomic mass is 10.1. The summed E-state index contributed by atoms with van der Waals surface area (Å²) in [5, 5.41) is 0.0425. The fourth-order valence-electron chi connectivity index (χ4n) is 2.02. The maximum absolute atomic E-state index is 13.2. The van der Waals surface area contributed by atoms with Crippen molar-refractivity contribution in [3.05, 3.63) is 53.1 Å². The zero-order valence-electron chi connectivity index (χ0n) is 12.5. The number of imidazole rings is 1. The van der Waals surface area contributed by atoms with Crippen LogP contribution in [0.4, 0.5) is 13.2 Å². The average molecular weight is 345 g/mol. The van der Waals surface area contributed by atoms with Gasteiger partial charge in [-0.3, -0.25) is 0 Å². The highest BCUT2D eigenvalue weighted by molar-refractivity contribution is 6.30. The first-order valence-corrected chi connectivity index (χ1v) is 7.43. The van der Waals surface area contributed by atoms with Crippen LogP contribution in [-0.4, -0.2) is 22.8 Å². The van der Waals surface area contributed by atoms with E-state index in [0.717, 1.165) is 12.5 Å². The van der Waals surface area contributed by atoms with Gasteiger partial charge in [0.05, 0.1) is 18.5 Å². The second kappa shape index (κ2) is 7.66. The average Bonchev–Trinajstić information content (AvgIpc) is 3.01. The molecule has 0 atom stereocenters. The van der Waals surface area contributed by atoms with E-state index in [-0.39, 0.29) is 17.2 Å². The Morgan fingerprint density at radius 3 is 2.78 bits per heavy atom. The summed E-state index contributed by atoms with van der Waals surface area (Å²) in [6, 6.07) is 3.70. The van der Waals surface area contributed by atoms with E-state index >= 15 is 0 Å². The minimum absolute atomic E-state index is 0.0331. The van der Waals surface area contributed by atoms with E-state index < -0.39 is 11.7 Å². The number of hydrogen-bond acceptors (Lipinski definition) is 2. The van der Waals surface area contributed by atoms with E-state index in [1.54, 1.807) is 17.0 Å². The van der Waals surface area contributed by atoms with Crippen LogP contribution < -0.4 is 0 Å². The van der Waals surface area contributed by atoms with Gasteiger partial charge < -0.3 is 9.30 Å². The van der Waals surface area contributed by atoms with Crippen LogP contribution in [0.1, 0.15) is 24.5 Å². The van der Waals surface area contributed by atoms with Gasteiger partial charge in [0.25, 0.3) is 0 Å². The number of aromatic nitrogens is 2. The van der Waals surface area contributed by atoms with Gasteiger partial charge in [0.2, 0.25) is 0 Å². The van der Waals surface area contributed by atoms with Gasteiger partial charge in [-0.15, -0.1) is 0 Å². The van der Waals surface area contributed by atoms with Gasteiger partial charge in [0.15, 0.2) is 0 Å². The van der Waals surface area contributed by atoms with E-state index in [4.69, 9.17) is 16.3 Å². The molecule has 0 fully saturated rings. The SMILES string of the molecule is CCCOCC(=Cc1ccc(Cl)cc1C(F)(F)F)n1ccnc1. The van der Waals surface area contributed by atoms with Crippen LogP contribution in [0.15, 0.2) is 36.9 Å². The summed E-state index contributed by atoms with van der Waals surface area (Å²) in [5.74, 6) is 0. The topological polar surface area (TPSA) is 27.1 Å². The summed E-state index contributed by atoms with van der Waals surface area (Å²) in [4.78, 5) is 3.92. The number of alkyl halides is 3. The van der Waals surface area contributed by atoms with Crippen molar-refractivity contribution in [2.45, 2.75) is 19.5 Å². The molecule has 0 N–H and O–H groups in total. The highest BCUT2D eigenvalue weighted by Gasteiger charge is 2.33. The van der Waals surface area contributed by atoms with E-state index in [1.807, 2.05) is 6.92 Å². The molecule has 7 heteroatoms. The van der Waals surface area contributed by atoms with Gasteiger partial charge in [-0.05, 0) is 30.2 Å². The predicted octanol–water partition coefficient (Wildman–Crippen LogP) is 4.98. The first kappa shape index (κ1) is 17.6. The minimum atomic E-state index is -4.49. The van der Waals surface area contributed by atoms with Gasteiger partial charge >= 0.3 is 6.18 Å². The van der Waals surface area contributed by atoms with Crippen molar-refractivity contribution in [3.63, 3.8) is 0 Å². The van der Waals surface area contributed by atoms with Gasteiger partial charge in [0, 0.05) is 29.7 Å². The van der Waals surface area contributed by atoms with Gasteiger partial charge in [-0.25, -0.2) is 4.98 Å². The molecule has 0 saturated carbocycles. The summed E-state index contributed by atoms with van der Waals surface area (Å²) in [5.41, 5.74) is -0.187. The van der Waals surface area contributed by atoms with Crippen molar-refractivity contribution in [1.29, 1.82) is 0 Å². The first-order valence-electron chi connectivity index (χ1n) is 7.05. The lowest BCUT2D eigenvalue weighted by molar-refractivity contribution is -0.137. The van der Waals surface area contributed by atoms with E-state index in [2.05, 4.69) is 4.98 Å². The van der Waals surface area contributed by atoms with Crippen LogP contribution in [-0.2, 0) is 10.9 Å². The lowest BCUT2D eigenvalue weighted by Gasteiger charge is -2.14. The highest BCUT2D eigenvalue weighted by atomic mass is 35.5. The van der Waals surface area contributed by atoms with Crippen molar-refractivity contribution in [2.75, 3.05) is 13.2 Å². The van der Waals surface area contributed by atoms with E-state index in [1.165, 1.54) is 24.5 Å². The fraction of sp³-hybridized carbons (Fsp3) is 0.312. The summed E-state index contributed by atoms with van der Waals surface area (Å²) in [6.45, 7) is 2.67. The van der Waals surface area contributed by atoms with Crippen LogP contribution >= 0.6 is 11.6 Å². The molecule has 124 valence electrons. The number of benzene rings is 1. The molecule has 0 unspecified atom stereocenters. The second-order valence-electron chi connectivity index (χ2n) is 4.89. The lowest BCUT2D eigenvalue weighted by Crippen LogP contribution is -2.09. The van der Waals surface area contributed by atoms with Crippen LogP contribution in [0.25, 0.3) is 11.8 Å². The Morgan fingerprint density at radius 1 is 1.39 bits per heavy atom. The Morgan fingerprint density at radius 2 is 2.17 bits per heavy atom. The molecule has 3 nitrogen and oxygen atoms in total. The molecule has 2 aromatic rings. The predicted molar refractivity (Wildman–Crippen MR) is 84.0 cm³/mol. The molecule has 0 saturated heterocycles. The maximum atomic E-state index is 13.2. The Balaban J connectivity index is 2.42. The number of ether oxygens (including phenoxy) is 1. The molecule has 0 amide bonds. The number of rotatable bonds is 6. The monoisotopic (exact) mass is 344 g/mol. The molecule has 23 heavy (non-hydrogen) atoms. The number of halogens is 4. The van der Waals surface area contributed by atoms with E-state index in [9.17, 15) is 13.2 Å². The Kier molecular flexibility index (Phi) is 5.85. The van der Waals surface area contributed by atoms with Crippen molar-refractivity contribution in [3.8, 4) is 0 Å². The molecule has 1 heterocycles. The molecular weight excluding hydrogens is 329 g/mol. The largest absolute Gasteiger partial charge is 0.417 e. The summed E-state index contributed by atoms with van der Waals surface area (Å²) >= 11 is 5.70. The molecule has 0 spiro atoms. The third-order valence-electron chi connectivity index (χ3n) is 3.08. The zero-order valence-corrected chi connectivity index (χ0v) is 13.2. The van der Waals surface area contributed by atoms with Crippen molar-refractivity contribution >= 4 is 23.4 Å². The smallest absolute Gasteiger partial charge is 0.375 e. The molecule has 0 bridgehead atoms. The number of hydrogen-bond donors (Lipinski definition) is 0. The first-order chi connectivity index (χ1) is 10.9. The molecule has 2 rings (SSSR count). The quantitative estimate of drug-likeness (QED) is 0.691. The highest BCUT2D eigenvalue weighted by Crippen LogP contribution is 2.35.